The zero-order chi connectivity index (χ0) is 15.9. The normalized spacial score (nSPS) is 11.8. The Balaban J connectivity index is 1.89. The summed E-state index contributed by atoms with van der Waals surface area (Å²) in [4.78, 5) is 12.0. The topological polar surface area (TPSA) is 38.3 Å². The standard InChI is InChI=1S/C18H20FNO2/c1-3-17(14-6-4-13(2)5-7-14)20-18(21)12-22-16-10-8-15(19)9-11-16/h4-11,17H,3,12H2,1-2H3,(H,20,21)/t17-/m1/s1. The molecule has 0 spiro atoms. The van der Waals surface area contributed by atoms with E-state index in [1.807, 2.05) is 38.1 Å². The molecule has 0 aliphatic carbocycles. The van der Waals surface area contributed by atoms with Gasteiger partial charge in [0, 0.05) is 0 Å². The number of carbonyl (C=O) groups is 1. The minimum atomic E-state index is -0.331. The van der Waals surface area contributed by atoms with Crippen LogP contribution in [0.15, 0.2) is 48.5 Å². The minimum Gasteiger partial charge on any atom is -0.484 e. The Bertz CT molecular complexity index is 608. The molecule has 1 N–H and O–H groups in total. The van der Waals surface area contributed by atoms with Gasteiger partial charge in [0.1, 0.15) is 11.6 Å². The van der Waals surface area contributed by atoms with Crippen molar-refractivity contribution in [3.05, 3.63) is 65.5 Å². The molecule has 0 aliphatic rings. The van der Waals surface area contributed by atoms with Gasteiger partial charge in [-0.05, 0) is 43.2 Å². The molecule has 3 nitrogen and oxygen atoms in total. The first-order chi connectivity index (χ1) is 10.6. The maximum atomic E-state index is 12.8. The summed E-state index contributed by atoms with van der Waals surface area (Å²) in [5.74, 6) is -0.0566. The Morgan fingerprint density at radius 2 is 1.77 bits per heavy atom. The molecule has 0 fully saturated rings. The van der Waals surface area contributed by atoms with Gasteiger partial charge in [0.15, 0.2) is 6.61 Å². The lowest BCUT2D eigenvalue weighted by atomic mass is 10.0. The SMILES string of the molecule is CC[C@@H](NC(=O)COc1ccc(F)cc1)c1ccc(C)cc1. The molecule has 22 heavy (non-hydrogen) atoms. The van der Waals surface area contributed by atoms with Crippen molar-refractivity contribution in [1.82, 2.24) is 5.32 Å². The molecule has 0 saturated heterocycles. The van der Waals surface area contributed by atoms with Crippen LogP contribution in [0.4, 0.5) is 4.39 Å². The first-order valence-electron chi connectivity index (χ1n) is 7.32. The number of ether oxygens (including phenoxy) is 1. The van der Waals surface area contributed by atoms with E-state index in [-0.39, 0.29) is 24.4 Å². The van der Waals surface area contributed by atoms with Crippen LogP contribution in [-0.4, -0.2) is 12.5 Å². The van der Waals surface area contributed by atoms with Crippen LogP contribution in [0, 0.1) is 12.7 Å². The van der Waals surface area contributed by atoms with Crippen LogP contribution >= 0.6 is 0 Å². The van der Waals surface area contributed by atoms with Gasteiger partial charge < -0.3 is 10.1 Å². The van der Waals surface area contributed by atoms with Gasteiger partial charge in [-0.3, -0.25) is 4.79 Å². The third-order valence-electron chi connectivity index (χ3n) is 3.41. The summed E-state index contributed by atoms with van der Waals surface area (Å²) in [6.45, 7) is 3.96. The van der Waals surface area contributed by atoms with E-state index in [4.69, 9.17) is 4.74 Å². The predicted octanol–water partition coefficient (Wildman–Crippen LogP) is 3.78. The first kappa shape index (κ1) is 16.0. The summed E-state index contributed by atoms with van der Waals surface area (Å²) in [6.07, 6.45) is 0.797. The van der Waals surface area contributed by atoms with Crippen molar-refractivity contribution in [3.8, 4) is 5.75 Å². The highest BCUT2D eigenvalue weighted by Crippen LogP contribution is 2.17. The molecule has 1 amide bonds. The Labute approximate surface area is 130 Å². The van der Waals surface area contributed by atoms with Gasteiger partial charge in [-0.15, -0.1) is 0 Å². The molecule has 1 atom stereocenters. The first-order valence-corrected chi connectivity index (χ1v) is 7.32. The molecule has 0 unspecified atom stereocenters. The Kier molecular flexibility index (Phi) is 5.53. The van der Waals surface area contributed by atoms with E-state index in [9.17, 15) is 9.18 Å². The number of halogens is 1. The molecule has 0 bridgehead atoms. The molecule has 0 aliphatic heterocycles. The maximum Gasteiger partial charge on any atom is 0.258 e. The fourth-order valence-corrected chi connectivity index (χ4v) is 2.14. The largest absolute Gasteiger partial charge is 0.484 e. The second-order valence-electron chi connectivity index (χ2n) is 5.18. The van der Waals surface area contributed by atoms with Gasteiger partial charge in [-0.1, -0.05) is 36.8 Å². The molecule has 0 radical (unpaired) electrons. The number of nitrogens with one attached hydrogen (secondary N) is 1. The van der Waals surface area contributed by atoms with Crippen LogP contribution in [-0.2, 0) is 4.79 Å². The van der Waals surface area contributed by atoms with E-state index in [0.29, 0.717) is 5.75 Å². The Morgan fingerprint density at radius 3 is 2.36 bits per heavy atom. The van der Waals surface area contributed by atoms with Crippen LogP contribution in [0.25, 0.3) is 0 Å². The summed E-state index contributed by atoms with van der Waals surface area (Å²) in [6, 6.07) is 13.7. The summed E-state index contributed by atoms with van der Waals surface area (Å²) >= 11 is 0. The molecule has 0 aromatic heterocycles. The fraction of sp³-hybridized carbons (Fsp3) is 0.278. The molecule has 2 aromatic carbocycles. The smallest absolute Gasteiger partial charge is 0.258 e. The van der Waals surface area contributed by atoms with Gasteiger partial charge >= 0.3 is 0 Å². The number of rotatable bonds is 6. The van der Waals surface area contributed by atoms with Gasteiger partial charge in [-0.25, -0.2) is 4.39 Å². The summed E-state index contributed by atoms with van der Waals surface area (Å²) in [7, 11) is 0. The second-order valence-corrected chi connectivity index (χ2v) is 5.18. The number of benzene rings is 2. The lowest BCUT2D eigenvalue weighted by molar-refractivity contribution is -0.123. The molecule has 4 heteroatoms. The van der Waals surface area contributed by atoms with Crippen molar-refractivity contribution in [2.45, 2.75) is 26.3 Å². The summed E-state index contributed by atoms with van der Waals surface area (Å²) in [5.41, 5.74) is 2.26. The zero-order valence-corrected chi connectivity index (χ0v) is 12.8. The number of hydrogen-bond acceptors (Lipinski definition) is 2. The average molecular weight is 301 g/mol. The highest BCUT2D eigenvalue weighted by molar-refractivity contribution is 5.78. The zero-order valence-electron chi connectivity index (χ0n) is 12.8. The van der Waals surface area contributed by atoms with E-state index in [1.54, 1.807) is 0 Å². The van der Waals surface area contributed by atoms with Gasteiger partial charge in [-0.2, -0.15) is 0 Å². The van der Waals surface area contributed by atoms with Gasteiger partial charge in [0.05, 0.1) is 6.04 Å². The number of carbonyl (C=O) groups excluding carboxylic acids is 1. The van der Waals surface area contributed by atoms with E-state index in [0.717, 1.165) is 12.0 Å². The third kappa shape index (κ3) is 4.58. The molecule has 116 valence electrons. The molecule has 2 aromatic rings. The monoisotopic (exact) mass is 301 g/mol. The van der Waals surface area contributed by atoms with E-state index < -0.39 is 0 Å². The second kappa shape index (κ2) is 7.59. The lowest BCUT2D eigenvalue weighted by Crippen LogP contribution is -2.32. The van der Waals surface area contributed by atoms with Crippen molar-refractivity contribution < 1.29 is 13.9 Å². The van der Waals surface area contributed by atoms with Crippen LogP contribution in [0.3, 0.4) is 0 Å². The van der Waals surface area contributed by atoms with Gasteiger partial charge in [0.2, 0.25) is 0 Å². The lowest BCUT2D eigenvalue weighted by Gasteiger charge is -2.18. The van der Waals surface area contributed by atoms with E-state index in [2.05, 4.69) is 5.32 Å². The highest BCUT2D eigenvalue weighted by Gasteiger charge is 2.13. The Hall–Kier alpha value is -2.36. The fourth-order valence-electron chi connectivity index (χ4n) is 2.14. The van der Waals surface area contributed by atoms with Crippen LogP contribution < -0.4 is 10.1 Å². The van der Waals surface area contributed by atoms with E-state index in [1.165, 1.54) is 29.8 Å². The average Bonchev–Trinajstić information content (AvgIpc) is 2.53. The van der Waals surface area contributed by atoms with Crippen molar-refractivity contribution in [1.29, 1.82) is 0 Å². The molecule has 2 rings (SSSR count). The highest BCUT2D eigenvalue weighted by atomic mass is 19.1. The van der Waals surface area contributed by atoms with Crippen molar-refractivity contribution in [2.75, 3.05) is 6.61 Å². The summed E-state index contributed by atoms with van der Waals surface area (Å²) in [5, 5.41) is 2.95. The number of hydrogen-bond donors (Lipinski definition) is 1. The van der Waals surface area contributed by atoms with Crippen molar-refractivity contribution in [2.24, 2.45) is 0 Å². The van der Waals surface area contributed by atoms with Crippen molar-refractivity contribution >= 4 is 5.91 Å². The predicted molar refractivity (Wildman–Crippen MR) is 84.2 cm³/mol. The van der Waals surface area contributed by atoms with Crippen LogP contribution in [0.2, 0.25) is 0 Å². The third-order valence-corrected chi connectivity index (χ3v) is 3.41. The van der Waals surface area contributed by atoms with Crippen LogP contribution in [0.5, 0.6) is 5.75 Å². The molecule has 0 heterocycles. The Morgan fingerprint density at radius 1 is 1.14 bits per heavy atom. The van der Waals surface area contributed by atoms with Gasteiger partial charge in [0.25, 0.3) is 5.91 Å². The molecular weight excluding hydrogens is 281 g/mol. The molecular formula is C18H20FNO2. The van der Waals surface area contributed by atoms with E-state index >= 15 is 0 Å². The van der Waals surface area contributed by atoms with Crippen molar-refractivity contribution in [3.63, 3.8) is 0 Å². The number of aryl methyl sites for hydroxylation is 1. The summed E-state index contributed by atoms with van der Waals surface area (Å²) < 4.78 is 18.1. The van der Waals surface area contributed by atoms with Crippen LogP contribution in [0.1, 0.15) is 30.5 Å². The molecule has 0 saturated carbocycles. The number of amides is 1. The minimum absolute atomic E-state index is 0.0371. The quantitative estimate of drug-likeness (QED) is 0.881. The maximum absolute atomic E-state index is 12.8.